The standard InChI is InChI=1S/C15H17N3O3/c1-2-9-18-15(21)11(6-7-14(19)20)10-13(17-18)12-5-3-4-8-16-12/h3-5,8,10H,2,6-7,9H2,1H3,(H,19,20). The summed E-state index contributed by atoms with van der Waals surface area (Å²) < 4.78 is 1.39. The summed E-state index contributed by atoms with van der Waals surface area (Å²) in [6.45, 7) is 2.46. The Kier molecular flexibility index (Phi) is 4.81. The van der Waals surface area contributed by atoms with E-state index in [2.05, 4.69) is 10.1 Å². The van der Waals surface area contributed by atoms with Crippen molar-refractivity contribution < 1.29 is 9.90 Å². The van der Waals surface area contributed by atoms with Crippen LogP contribution in [0.2, 0.25) is 0 Å². The Bertz CT molecular complexity index is 680. The molecule has 0 atom stereocenters. The van der Waals surface area contributed by atoms with Crippen LogP contribution < -0.4 is 5.56 Å². The van der Waals surface area contributed by atoms with E-state index in [9.17, 15) is 9.59 Å². The fraction of sp³-hybridized carbons (Fsp3) is 0.333. The van der Waals surface area contributed by atoms with E-state index in [1.807, 2.05) is 19.1 Å². The number of aliphatic carboxylic acids is 1. The van der Waals surface area contributed by atoms with Gasteiger partial charge < -0.3 is 5.11 Å². The van der Waals surface area contributed by atoms with Gasteiger partial charge in [-0.3, -0.25) is 14.6 Å². The predicted octanol–water partition coefficient (Wildman–Crippen LogP) is 1.73. The van der Waals surface area contributed by atoms with Crippen molar-refractivity contribution in [3.8, 4) is 11.4 Å². The highest BCUT2D eigenvalue weighted by Crippen LogP contribution is 2.13. The van der Waals surface area contributed by atoms with E-state index in [-0.39, 0.29) is 18.4 Å². The molecule has 1 N–H and O–H groups in total. The Morgan fingerprint density at radius 1 is 1.33 bits per heavy atom. The molecule has 6 heteroatoms. The van der Waals surface area contributed by atoms with Gasteiger partial charge in [-0.15, -0.1) is 0 Å². The Morgan fingerprint density at radius 3 is 2.76 bits per heavy atom. The molecule has 0 aromatic carbocycles. The second kappa shape index (κ2) is 6.78. The molecule has 0 aliphatic heterocycles. The van der Waals surface area contributed by atoms with Gasteiger partial charge in [0.1, 0.15) is 5.69 Å². The number of carboxylic acids is 1. The number of aryl methyl sites for hydroxylation is 2. The zero-order chi connectivity index (χ0) is 15.2. The number of nitrogens with zero attached hydrogens (tertiary/aromatic N) is 3. The third-order valence-electron chi connectivity index (χ3n) is 3.02. The first-order valence-electron chi connectivity index (χ1n) is 6.86. The number of rotatable bonds is 6. The summed E-state index contributed by atoms with van der Waals surface area (Å²) in [4.78, 5) is 27.2. The molecule has 6 nitrogen and oxygen atoms in total. The zero-order valence-corrected chi connectivity index (χ0v) is 11.8. The fourth-order valence-corrected chi connectivity index (χ4v) is 2.02. The highest BCUT2D eigenvalue weighted by atomic mass is 16.4. The van der Waals surface area contributed by atoms with Crippen molar-refractivity contribution in [1.82, 2.24) is 14.8 Å². The first-order chi connectivity index (χ1) is 10.1. The fourth-order valence-electron chi connectivity index (χ4n) is 2.02. The number of pyridine rings is 1. The van der Waals surface area contributed by atoms with Crippen LogP contribution >= 0.6 is 0 Å². The minimum absolute atomic E-state index is 0.0764. The molecule has 0 bridgehead atoms. The lowest BCUT2D eigenvalue weighted by molar-refractivity contribution is -0.136. The first-order valence-corrected chi connectivity index (χ1v) is 6.86. The predicted molar refractivity (Wildman–Crippen MR) is 78.0 cm³/mol. The summed E-state index contributed by atoms with van der Waals surface area (Å²) in [5.74, 6) is -0.923. The highest BCUT2D eigenvalue weighted by Gasteiger charge is 2.11. The molecular formula is C15H17N3O3. The third kappa shape index (κ3) is 3.75. The van der Waals surface area contributed by atoms with E-state index in [0.29, 0.717) is 23.5 Å². The van der Waals surface area contributed by atoms with Gasteiger partial charge in [0.05, 0.1) is 5.69 Å². The van der Waals surface area contributed by atoms with Crippen molar-refractivity contribution >= 4 is 5.97 Å². The Morgan fingerprint density at radius 2 is 2.14 bits per heavy atom. The second-order valence-electron chi connectivity index (χ2n) is 4.69. The van der Waals surface area contributed by atoms with Crippen LogP contribution in [0, 0.1) is 0 Å². The van der Waals surface area contributed by atoms with E-state index in [4.69, 9.17) is 5.11 Å². The lowest BCUT2D eigenvalue weighted by Gasteiger charge is -2.09. The highest BCUT2D eigenvalue weighted by molar-refractivity contribution is 5.67. The molecular weight excluding hydrogens is 270 g/mol. The molecule has 2 aromatic rings. The van der Waals surface area contributed by atoms with Crippen molar-refractivity contribution in [3.63, 3.8) is 0 Å². The smallest absolute Gasteiger partial charge is 0.303 e. The minimum Gasteiger partial charge on any atom is -0.481 e. The van der Waals surface area contributed by atoms with E-state index in [1.54, 1.807) is 18.3 Å². The van der Waals surface area contributed by atoms with Gasteiger partial charge in [0.2, 0.25) is 0 Å². The molecule has 0 aliphatic carbocycles. The lowest BCUT2D eigenvalue weighted by atomic mass is 10.1. The summed E-state index contributed by atoms with van der Waals surface area (Å²) in [6, 6.07) is 7.09. The van der Waals surface area contributed by atoms with Crippen molar-refractivity contribution in [2.24, 2.45) is 0 Å². The van der Waals surface area contributed by atoms with Crippen LogP contribution in [-0.2, 0) is 17.8 Å². The van der Waals surface area contributed by atoms with Crippen molar-refractivity contribution in [2.45, 2.75) is 32.7 Å². The first kappa shape index (κ1) is 14.9. The maximum atomic E-state index is 12.2. The SMILES string of the molecule is CCCn1nc(-c2ccccn2)cc(CCC(=O)O)c1=O. The van der Waals surface area contributed by atoms with Gasteiger partial charge >= 0.3 is 5.97 Å². The average molecular weight is 287 g/mol. The number of hydrogen-bond acceptors (Lipinski definition) is 4. The molecule has 0 amide bonds. The van der Waals surface area contributed by atoms with E-state index >= 15 is 0 Å². The molecule has 0 saturated heterocycles. The van der Waals surface area contributed by atoms with Crippen LogP contribution in [0.15, 0.2) is 35.3 Å². The van der Waals surface area contributed by atoms with Crippen LogP contribution in [0.1, 0.15) is 25.3 Å². The maximum Gasteiger partial charge on any atom is 0.303 e. The maximum absolute atomic E-state index is 12.2. The van der Waals surface area contributed by atoms with Gasteiger partial charge in [0.15, 0.2) is 0 Å². The van der Waals surface area contributed by atoms with Crippen molar-refractivity contribution in [3.05, 3.63) is 46.4 Å². The summed E-state index contributed by atoms with van der Waals surface area (Å²) in [5.41, 5.74) is 1.49. The number of carboxylic acid groups (broad SMARTS) is 1. The molecule has 2 aromatic heterocycles. The van der Waals surface area contributed by atoms with Gasteiger partial charge in [0, 0.05) is 24.7 Å². The monoisotopic (exact) mass is 287 g/mol. The van der Waals surface area contributed by atoms with Gasteiger partial charge in [-0.2, -0.15) is 5.10 Å². The van der Waals surface area contributed by atoms with E-state index < -0.39 is 5.97 Å². The Labute approximate surface area is 122 Å². The molecule has 0 radical (unpaired) electrons. The molecule has 110 valence electrons. The molecule has 0 aliphatic rings. The topological polar surface area (TPSA) is 85.1 Å². The summed E-state index contributed by atoms with van der Waals surface area (Å²) >= 11 is 0. The number of carbonyl (C=O) groups is 1. The minimum atomic E-state index is -0.923. The van der Waals surface area contributed by atoms with Crippen LogP contribution in [0.4, 0.5) is 0 Å². The molecule has 2 heterocycles. The Balaban J connectivity index is 2.46. The third-order valence-corrected chi connectivity index (χ3v) is 3.02. The molecule has 21 heavy (non-hydrogen) atoms. The van der Waals surface area contributed by atoms with E-state index in [0.717, 1.165) is 6.42 Å². The number of aromatic nitrogens is 3. The van der Waals surface area contributed by atoms with Gasteiger partial charge in [-0.1, -0.05) is 13.0 Å². The lowest BCUT2D eigenvalue weighted by Crippen LogP contribution is -2.27. The van der Waals surface area contributed by atoms with Crippen LogP contribution in [0.5, 0.6) is 0 Å². The van der Waals surface area contributed by atoms with Crippen molar-refractivity contribution in [2.75, 3.05) is 0 Å². The normalized spacial score (nSPS) is 10.5. The van der Waals surface area contributed by atoms with Crippen LogP contribution in [0.3, 0.4) is 0 Å². The quantitative estimate of drug-likeness (QED) is 0.874. The summed E-state index contributed by atoms with van der Waals surface area (Å²) in [6.07, 6.45) is 2.55. The molecule has 0 unspecified atom stereocenters. The number of hydrogen-bond donors (Lipinski definition) is 1. The zero-order valence-electron chi connectivity index (χ0n) is 11.8. The van der Waals surface area contributed by atoms with Crippen molar-refractivity contribution in [1.29, 1.82) is 0 Å². The van der Waals surface area contributed by atoms with Crippen LogP contribution in [0.25, 0.3) is 11.4 Å². The van der Waals surface area contributed by atoms with E-state index in [1.165, 1.54) is 4.68 Å². The van der Waals surface area contributed by atoms with Gasteiger partial charge in [-0.05, 0) is 31.0 Å². The van der Waals surface area contributed by atoms with Gasteiger partial charge in [0.25, 0.3) is 5.56 Å². The second-order valence-corrected chi connectivity index (χ2v) is 4.69. The van der Waals surface area contributed by atoms with Gasteiger partial charge in [-0.25, -0.2) is 4.68 Å². The van der Waals surface area contributed by atoms with Crippen LogP contribution in [-0.4, -0.2) is 25.8 Å². The molecule has 0 saturated carbocycles. The largest absolute Gasteiger partial charge is 0.481 e. The summed E-state index contributed by atoms with van der Waals surface area (Å²) in [7, 11) is 0. The summed E-state index contributed by atoms with van der Waals surface area (Å²) in [5, 5.41) is 13.1. The Hall–Kier alpha value is -2.50. The average Bonchev–Trinajstić information content (AvgIpc) is 2.49. The molecule has 2 rings (SSSR count). The molecule has 0 spiro atoms. The molecule has 0 fully saturated rings.